The maximum absolute atomic E-state index is 13.0. The predicted molar refractivity (Wildman–Crippen MR) is 108 cm³/mol. The van der Waals surface area contributed by atoms with E-state index >= 15 is 0 Å². The van der Waals surface area contributed by atoms with Crippen molar-refractivity contribution in [3.8, 4) is 5.75 Å². The molecule has 1 aromatic carbocycles. The Morgan fingerprint density at radius 2 is 1.85 bits per heavy atom. The third-order valence-corrected chi connectivity index (χ3v) is 7.60. The van der Waals surface area contributed by atoms with Gasteiger partial charge in [-0.1, -0.05) is 33.1 Å². The van der Waals surface area contributed by atoms with E-state index in [9.17, 15) is 13.2 Å². The Kier molecular flexibility index (Phi) is 8.21. The summed E-state index contributed by atoms with van der Waals surface area (Å²) in [5.74, 6) is -0.291. The van der Waals surface area contributed by atoms with Crippen LogP contribution in [0.1, 0.15) is 46.0 Å². The van der Waals surface area contributed by atoms with Crippen LogP contribution in [0.4, 0.5) is 11.4 Å². The van der Waals surface area contributed by atoms with E-state index in [1.54, 1.807) is 32.0 Å². The van der Waals surface area contributed by atoms with E-state index in [4.69, 9.17) is 10.5 Å². The lowest BCUT2D eigenvalue weighted by Crippen LogP contribution is -2.44. The van der Waals surface area contributed by atoms with E-state index in [1.807, 2.05) is 0 Å². The molecule has 0 aliphatic heterocycles. The molecule has 1 amide bonds. The molecule has 3 N–H and O–H groups in total. The fraction of sp³-hybridized carbons (Fsp3) is 0.611. The van der Waals surface area contributed by atoms with Gasteiger partial charge in [0.05, 0.1) is 18.0 Å². The number of carbonyl (C=O) groups excluding carboxylic acids is 1. The van der Waals surface area contributed by atoms with Crippen LogP contribution in [0.25, 0.3) is 0 Å². The summed E-state index contributed by atoms with van der Waals surface area (Å²) in [6, 6.07) is 4.87. The first-order chi connectivity index (χ1) is 11.8. The lowest BCUT2D eigenvalue weighted by Gasteiger charge is -2.28. The normalized spacial score (nSPS) is 16.6. The third kappa shape index (κ3) is 5.04. The van der Waals surface area contributed by atoms with Crippen LogP contribution in [0.5, 0.6) is 5.75 Å². The second-order valence-electron chi connectivity index (χ2n) is 6.96. The van der Waals surface area contributed by atoms with Crippen molar-refractivity contribution >= 4 is 39.5 Å². The van der Waals surface area contributed by atoms with Crippen LogP contribution in [0, 0.1) is 5.92 Å². The first-order valence-corrected chi connectivity index (χ1v) is 10.4. The van der Waals surface area contributed by atoms with Crippen molar-refractivity contribution in [2.24, 2.45) is 5.92 Å². The molecule has 2 rings (SSSR count). The summed E-state index contributed by atoms with van der Waals surface area (Å²) < 4.78 is 31.1. The highest BCUT2D eigenvalue weighted by Gasteiger charge is 2.41. The number of sulfone groups is 1. The highest BCUT2D eigenvalue weighted by Crippen LogP contribution is 2.30. The maximum atomic E-state index is 13.0. The van der Waals surface area contributed by atoms with Crippen molar-refractivity contribution in [1.82, 2.24) is 0 Å². The molecular formula is C18H29ClN2O4S. The topological polar surface area (TPSA) is 98.5 Å². The lowest BCUT2D eigenvalue weighted by molar-refractivity contribution is -0.116. The van der Waals surface area contributed by atoms with Gasteiger partial charge in [-0.2, -0.15) is 0 Å². The Balaban J connectivity index is 0.00000338. The number of rotatable bonds is 6. The van der Waals surface area contributed by atoms with Crippen LogP contribution in [-0.2, 0) is 14.6 Å². The molecule has 8 heteroatoms. The van der Waals surface area contributed by atoms with Crippen LogP contribution in [0.2, 0.25) is 0 Å². The number of benzene rings is 1. The first-order valence-electron chi connectivity index (χ1n) is 8.74. The highest BCUT2D eigenvalue weighted by atomic mass is 35.5. The number of nitrogen functional groups attached to an aromatic ring is 1. The summed E-state index contributed by atoms with van der Waals surface area (Å²) >= 11 is 0. The van der Waals surface area contributed by atoms with Crippen molar-refractivity contribution in [3.63, 3.8) is 0 Å². The van der Waals surface area contributed by atoms with Crippen LogP contribution < -0.4 is 15.8 Å². The summed E-state index contributed by atoms with van der Waals surface area (Å²) in [5.41, 5.74) is 6.70. The molecule has 1 aliphatic carbocycles. The molecule has 1 aromatic rings. The molecule has 0 aromatic heterocycles. The Labute approximate surface area is 162 Å². The molecule has 0 spiro atoms. The number of nitrogens with two attached hydrogens (primary N) is 1. The monoisotopic (exact) mass is 404 g/mol. The van der Waals surface area contributed by atoms with Gasteiger partial charge in [-0.05, 0) is 37.0 Å². The fourth-order valence-electron chi connectivity index (χ4n) is 3.46. The van der Waals surface area contributed by atoms with Gasteiger partial charge >= 0.3 is 0 Å². The van der Waals surface area contributed by atoms with Gasteiger partial charge < -0.3 is 15.8 Å². The molecule has 0 radical (unpaired) electrons. The minimum Gasteiger partial charge on any atom is -0.495 e. The number of hydrogen-bond acceptors (Lipinski definition) is 5. The van der Waals surface area contributed by atoms with Crippen molar-refractivity contribution in [1.29, 1.82) is 0 Å². The van der Waals surface area contributed by atoms with Gasteiger partial charge in [0.25, 0.3) is 0 Å². The molecule has 1 atom stereocenters. The van der Waals surface area contributed by atoms with Gasteiger partial charge in [-0.3, -0.25) is 4.79 Å². The average Bonchev–Trinajstić information content (AvgIpc) is 2.55. The minimum absolute atomic E-state index is 0. The molecule has 0 bridgehead atoms. The van der Waals surface area contributed by atoms with Crippen molar-refractivity contribution in [2.75, 3.05) is 18.2 Å². The van der Waals surface area contributed by atoms with Crippen molar-refractivity contribution in [3.05, 3.63) is 18.2 Å². The number of hydrogen-bond donors (Lipinski definition) is 2. The Morgan fingerprint density at radius 1 is 1.23 bits per heavy atom. The fourth-order valence-corrected chi connectivity index (χ4v) is 5.98. The zero-order valence-corrected chi connectivity index (χ0v) is 17.2. The number of anilines is 2. The number of amides is 1. The summed E-state index contributed by atoms with van der Waals surface area (Å²) in [6.07, 6.45) is 4.18. The Bertz CT molecular complexity index is 716. The molecule has 0 saturated heterocycles. The molecule has 0 heterocycles. The van der Waals surface area contributed by atoms with Crippen LogP contribution >= 0.6 is 12.4 Å². The van der Waals surface area contributed by atoms with Gasteiger partial charge in [0.1, 0.15) is 11.0 Å². The van der Waals surface area contributed by atoms with Gasteiger partial charge in [0.15, 0.2) is 9.84 Å². The Morgan fingerprint density at radius 3 is 2.35 bits per heavy atom. The van der Waals surface area contributed by atoms with Crippen molar-refractivity contribution in [2.45, 2.75) is 56.5 Å². The van der Waals surface area contributed by atoms with Crippen LogP contribution in [0.3, 0.4) is 0 Å². The van der Waals surface area contributed by atoms with Gasteiger partial charge in [0.2, 0.25) is 5.91 Å². The number of methoxy groups -OCH3 is 1. The minimum atomic E-state index is -3.53. The van der Waals surface area contributed by atoms with E-state index in [1.165, 1.54) is 7.11 Å². The van der Waals surface area contributed by atoms with Crippen LogP contribution in [0.15, 0.2) is 18.2 Å². The smallest absolute Gasteiger partial charge is 0.242 e. The number of halogens is 1. The van der Waals surface area contributed by atoms with E-state index in [-0.39, 0.29) is 18.3 Å². The summed E-state index contributed by atoms with van der Waals surface area (Å²) in [5, 5.41) is 1.23. The second kappa shape index (κ2) is 9.46. The highest BCUT2D eigenvalue weighted by molar-refractivity contribution is 7.93. The number of ether oxygens (including phenoxy) is 1. The summed E-state index contributed by atoms with van der Waals surface area (Å²) in [7, 11) is -2.02. The summed E-state index contributed by atoms with van der Waals surface area (Å²) in [6.45, 7) is 3.54. The van der Waals surface area contributed by atoms with Crippen molar-refractivity contribution < 1.29 is 17.9 Å². The van der Waals surface area contributed by atoms with E-state index < -0.39 is 26.2 Å². The van der Waals surface area contributed by atoms with Gasteiger partial charge in [0, 0.05) is 5.69 Å². The quantitative estimate of drug-likeness (QED) is 0.708. The SMILES string of the molecule is COc1ccc(NC(=O)C(C(C)C)S(=O)(=O)C2CCCCC2)cc1N.Cl. The van der Waals surface area contributed by atoms with Gasteiger partial charge in [-0.15, -0.1) is 12.4 Å². The zero-order valence-electron chi connectivity index (χ0n) is 15.5. The van der Waals surface area contributed by atoms with E-state index in [0.717, 1.165) is 19.3 Å². The van der Waals surface area contributed by atoms with Crippen LogP contribution in [-0.4, -0.2) is 31.9 Å². The number of nitrogens with one attached hydrogen (secondary N) is 1. The standard InChI is InChI=1S/C18H28N2O4S.ClH/c1-12(2)17(25(22,23)14-7-5-4-6-8-14)18(21)20-13-9-10-16(24-3)15(19)11-13;/h9-12,14,17H,4-8,19H2,1-3H3,(H,20,21);1H. The van der Waals surface area contributed by atoms with E-state index in [0.29, 0.717) is 30.0 Å². The molecule has 1 saturated carbocycles. The molecular weight excluding hydrogens is 376 g/mol. The lowest BCUT2D eigenvalue weighted by atomic mass is 10.0. The molecule has 148 valence electrons. The Hall–Kier alpha value is -1.47. The molecule has 6 nitrogen and oxygen atoms in total. The second-order valence-corrected chi connectivity index (χ2v) is 9.31. The molecule has 26 heavy (non-hydrogen) atoms. The zero-order chi connectivity index (χ0) is 18.6. The van der Waals surface area contributed by atoms with E-state index in [2.05, 4.69) is 5.32 Å². The molecule has 1 fully saturated rings. The number of carbonyl (C=O) groups is 1. The molecule has 1 unspecified atom stereocenters. The average molecular weight is 405 g/mol. The molecule has 1 aliphatic rings. The van der Waals surface area contributed by atoms with Gasteiger partial charge in [-0.25, -0.2) is 8.42 Å². The largest absolute Gasteiger partial charge is 0.495 e. The predicted octanol–water partition coefficient (Wildman–Crippen LogP) is 3.41. The third-order valence-electron chi connectivity index (χ3n) is 4.73. The first kappa shape index (κ1) is 22.6. The summed E-state index contributed by atoms with van der Waals surface area (Å²) in [4.78, 5) is 12.7. The maximum Gasteiger partial charge on any atom is 0.242 e.